The van der Waals surface area contributed by atoms with Crippen LogP contribution in [-0.4, -0.2) is 21.6 Å². The number of ether oxygens (including phenoxy) is 1. The monoisotopic (exact) mass is 542 g/mol. The summed E-state index contributed by atoms with van der Waals surface area (Å²) < 4.78 is 36.8. The van der Waals surface area contributed by atoms with Gasteiger partial charge in [0.15, 0.2) is 0 Å². The second-order valence-corrected chi connectivity index (χ2v) is 11.8. The third kappa shape index (κ3) is 7.64. The Morgan fingerprint density at radius 3 is 1.79 bits per heavy atom. The molecule has 204 valence electrons. The van der Waals surface area contributed by atoms with E-state index in [1.54, 1.807) is 0 Å². The number of benzene rings is 4. The molecule has 0 bridgehead atoms. The highest BCUT2D eigenvalue weighted by Gasteiger charge is 2.31. The molecule has 0 unspecified atom stereocenters. The first-order chi connectivity index (χ1) is 18.7. The van der Waals surface area contributed by atoms with Gasteiger partial charge in [0.2, 0.25) is 10.0 Å². The molecule has 0 heterocycles. The molecule has 2 N–H and O–H groups in total. The third-order valence-electron chi connectivity index (χ3n) is 6.81. The van der Waals surface area contributed by atoms with Gasteiger partial charge in [-0.1, -0.05) is 108 Å². The van der Waals surface area contributed by atoms with Crippen LogP contribution in [0.1, 0.15) is 51.0 Å². The zero-order valence-corrected chi connectivity index (χ0v) is 24.0. The average molecular weight is 543 g/mol. The lowest BCUT2D eigenvalue weighted by Crippen LogP contribution is -2.40. The van der Waals surface area contributed by atoms with Gasteiger partial charge in [-0.2, -0.15) is 0 Å². The smallest absolute Gasteiger partial charge is 0.241 e. The van der Waals surface area contributed by atoms with Gasteiger partial charge in [0.1, 0.15) is 0 Å². The maximum absolute atomic E-state index is 13.9. The highest BCUT2D eigenvalue weighted by molar-refractivity contribution is 7.89. The van der Waals surface area contributed by atoms with Crippen molar-refractivity contribution in [2.24, 2.45) is 0 Å². The topological polar surface area (TPSA) is 67.4 Å². The van der Waals surface area contributed by atoms with Gasteiger partial charge in [0.05, 0.1) is 30.2 Å². The van der Waals surface area contributed by atoms with E-state index in [4.69, 9.17) is 4.74 Å². The van der Waals surface area contributed by atoms with Crippen molar-refractivity contribution in [3.63, 3.8) is 0 Å². The first-order valence-electron chi connectivity index (χ1n) is 13.3. The van der Waals surface area contributed by atoms with Crippen molar-refractivity contribution in [1.29, 1.82) is 0 Å². The molecular formula is C33H38N2O3S. The van der Waals surface area contributed by atoms with E-state index in [-0.39, 0.29) is 6.04 Å². The summed E-state index contributed by atoms with van der Waals surface area (Å²) in [5.74, 6) is 0. The second-order valence-electron chi connectivity index (χ2n) is 10.1. The number of sulfonamides is 1. The highest BCUT2D eigenvalue weighted by atomic mass is 32.2. The lowest BCUT2D eigenvalue weighted by molar-refractivity contribution is 0.119. The summed E-state index contributed by atoms with van der Waals surface area (Å²) in [6.45, 7) is 9.32. The minimum Gasteiger partial charge on any atom is -0.375 e. The molecule has 39 heavy (non-hydrogen) atoms. The Kier molecular flexibility index (Phi) is 9.70. The Bertz CT molecular complexity index is 1430. The third-order valence-corrected chi connectivity index (χ3v) is 8.55. The number of nitrogens with one attached hydrogen (secondary N) is 2. The molecule has 0 amide bonds. The molecule has 0 aliphatic carbocycles. The molecule has 4 aromatic rings. The van der Waals surface area contributed by atoms with Gasteiger partial charge in [-0.15, -0.1) is 0 Å². The summed E-state index contributed by atoms with van der Waals surface area (Å²) in [6, 6.07) is 31.0. The molecule has 0 saturated heterocycles. The number of hydrogen-bond donors (Lipinski definition) is 2. The van der Waals surface area contributed by atoms with Gasteiger partial charge in [-0.05, 0) is 55.5 Å². The molecule has 0 saturated carbocycles. The van der Waals surface area contributed by atoms with Crippen LogP contribution < -0.4 is 10.0 Å². The normalized spacial score (nSPS) is 13.2. The average Bonchev–Trinajstić information content (AvgIpc) is 2.91. The zero-order valence-electron chi connectivity index (χ0n) is 23.1. The largest absolute Gasteiger partial charge is 0.375 e. The lowest BCUT2D eigenvalue weighted by Gasteiger charge is -2.30. The van der Waals surface area contributed by atoms with Gasteiger partial charge in [0, 0.05) is 6.54 Å². The molecule has 0 fully saturated rings. The fourth-order valence-electron chi connectivity index (χ4n) is 5.06. The SMILES string of the molecule is Cc1ccc(COCCN[C@H](c2ccccc2)[C@H](NS(=O)(=O)c2c(C)cc(C)cc2C)c2ccccc2)cc1. The Hall–Kier alpha value is -3.29. The van der Waals surface area contributed by atoms with Crippen LogP contribution in [0.25, 0.3) is 0 Å². The Morgan fingerprint density at radius 2 is 1.23 bits per heavy atom. The fraction of sp³-hybridized carbons (Fsp3) is 0.273. The zero-order chi connectivity index (χ0) is 27.8. The van der Waals surface area contributed by atoms with E-state index in [9.17, 15) is 8.42 Å². The summed E-state index contributed by atoms with van der Waals surface area (Å²) in [7, 11) is -3.83. The van der Waals surface area contributed by atoms with E-state index >= 15 is 0 Å². The Morgan fingerprint density at radius 1 is 0.692 bits per heavy atom. The van der Waals surface area contributed by atoms with Crippen LogP contribution in [0.2, 0.25) is 0 Å². The molecule has 0 spiro atoms. The van der Waals surface area contributed by atoms with Crippen molar-refractivity contribution >= 4 is 10.0 Å². The van der Waals surface area contributed by atoms with Gasteiger partial charge in [0.25, 0.3) is 0 Å². The van der Waals surface area contributed by atoms with Crippen molar-refractivity contribution in [2.75, 3.05) is 13.2 Å². The number of aryl methyl sites for hydroxylation is 4. The molecule has 4 rings (SSSR count). The molecule has 5 nitrogen and oxygen atoms in total. The maximum Gasteiger partial charge on any atom is 0.241 e. The molecular weight excluding hydrogens is 504 g/mol. The van der Waals surface area contributed by atoms with E-state index in [2.05, 4.69) is 41.2 Å². The highest BCUT2D eigenvalue weighted by Crippen LogP contribution is 2.32. The summed E-state index contributed by atoms with van der Waals surface area (Å²) >= 11 is 0. The van der Waals surface area contributed by atoms with Crippen molar-refractivity contribution < 1.29 is 13.2 Å². The van der Waals surface area contributed by atoms with E-state index in [0.29, 0.717) is 24.7 Å². The van der Waals surface area contributed by atoms with Gasteiger partial charge in [-0.3, -0.25) is 0 Å². The Labute approximate surface area is 233 Å². The van der Waals surface area contributed by atoms with Crippen LogP contribution in [0.3, 0.4) is 0 Å². The number of rotatable bonds is 12. The molecule has 0 aliphatic rings. The maximum atomic E-state index is 13.9. The van der Waals surface area contributed by atoms with E-state index in [1.165, 1.54) is 5.56 Å². The second kappa shape index (κ2) is 13.2. The van der Waals surface area contributed by atoms with Crippen molar-refractivity contribution in [2.45, 2.75) is 51.3 Å². The first kappa shape index (κ1) is 28.7. The van der Waals surface area contributed by atoms with Crippen LogP contribution >= 0.6 is 0 Å². The summed E-state index contributed by atoms with van der Waals surface area (Å²) in [5.41, 5.74) is 6.73. The summed E-state index contributed by atoms with van der Waals surface area (Å²) in [4.78, 5) is 0.335. The van der Waals surface area contributed by atoms with Gasteiger partial charge in [-0.25, -0.2) is 13.1 Å². The van der Waals surface area contributed by atoms with Crippen LogP contribution in [0.5, 0.6) is 0 Å². The first-order valence-corrected chi connectivity index (χ1v) is 14.8. The summed E-state index contributed by atoms with van der Waals surface area (Å²) in [6.07, 6.45) is 0. The molecule has 6 heteroatoms. The fourth-order valence-corrected chi connectivity index (χ4v) is 6.75. The Balaban J connectivity index is 1.60. The molecule has 4 aromatic carbocycles. The van der Waals surface area contributed by atoms with Gasteiger partial charge >= 0.3 is 0 Å². The molecule has 0 aliphatic heterocycles. The van der Waals surface area contributed by atoms with Crippen molar-refractivity contribution in [3.05, 3.63) is 136 Å². The van der Waals surface area contributed by atoms with E-state index in [1.807, 2.05) is 93.6 Å². The standard InChI is InChI=1S/C33H38N2O3S/c1-24-15-17-28(18-16-24)23-38-20-19-34-31(29-11-7-5-8-12-29)32(30-13-9-6-10-14-30)35-39(36,37)33-26(3)21-25(2)22-27(33)4/h5-18,21-22,31-32,34-35H,19-20,23H2,1-4H3/t31-,32-/m1/s1. The number of hydrogen-bond acceptors (Lipinski definition) is 4. The van der Waals surface area contributed by atoms with Crippen LogP contribution in [0, 0.1) is 27.7 Å². The molecule has 0 aromatic heterocycles. The van der Waals surface area contributed by atoms with E-state index < -0.39 is 16.1 Å². The van der Waals surface area contributed by atoms with Crippen molar-refractivity contribution in [1.82, 2.24) is 10.0 Å². The van der Waals surface area contributed by atoms with Crippen LogP contribution in [-0.2, 0) is 21.4 Å². The predicted octanol–water partition coefficient (Wildman–Crippen LogP) is 6.49. The molecule has 2 atom stereocenters. The van der Waals surface area contributed by atoms with Gasteiger partial charge < -0.3 is 10.1 Å². The quantitative estimate of drug-likeness (QED) is 0.201. The minimum absolute atomic E-state index is 0.322. The lowest BCUT2D eigenvalue weighted by atomic mass is 9.94. The molecule has 0 radical (unpaired) electrons. The predicted molar refractivity (Wildman–Crippen MR) is 158 cm³/mol. The van der Waals surface area contributed by atoms with E-state index in [0.717, 1.165) is 33.4 Å². The van der Waals surface area contributed by atoms with Crippen LogP contribution in [0.15, 0.2) is 102 Å². The van der Waals surface area contributed by atoms with Crippen molar-refractivity contribution in [3.8, 4) is 0 Å². The summed E-state index contributed by atoms with van der Waals surface area (Å²) in [5, 5.41) is 3.59. The minimum atomic E-state index is -3.83. The van der Waals surface area contributed by atoms with Crippen LogP contribution in [0.4, 0.5) is 0 Å².